The van der Waals surface area contributed by atoms with Gasteiger partial charge in [-0.25, -0.2) is 0 Å². The van der Waals surface area contributed by atoms with E-state index in [0.717, 1.165) is 5.39 Å². The molecule has 0 fully saturated rings. The van der Waals surface area contributed by atoms with Gasteiger partial charge in [-0.1, -0.05) is 169 Å². The van der Waals surface area contributed by atoms with Gasteiger partial charge in [0.15, 0.2) is 0 Å². The quantitative estimate of drug-likeness (QED) is 0.164. The SMILES string of the molecule is [2H]c1c([2H])c2c([2H])c([2H])c3c([2H])c([2H])c(-c4cc(-c5ccc(-c6c([2H])c([2H])c7c([2H])c([2H])c8c([2H])c([2H])c([2H])c9c([2H])c([2H])c6c7c89)c6ccccc56)c5ccccc5c4)c4c([2H])c([2H])c(c1[2H])c2c34. The van der Waals surface area contributed by atoms with E-state index in [9.17, 15) is 11.0 Å². The maximum atomic E-state index is 9.52. The zero-order valence-electron chi connectivity index (χ0n) is 44.9. The van der Waals surface area contributed by atoms with Gasteiger partial charge in [0.25, 0.3) is 0 Å². The molecule has 0 nitrogen and oxygen atoms in total. The number of hydrogen-bond donors (Lipinski definition) is 0. The lowest BCUT2D eigenvalue weighted by atomic mass is 9.85. The summed E-state index contributed by atoms with van der Waals surface area (Å²) in [6.45, 7) is 0. The van der Waals surface area contributed by atoms with Gasteiger partial charge < -0.3 is 0 Å². The van der Waals surface area contributed by atoms with Crippen molar-refractivity contribution in [3.8, 4) is 33.4 Å². The van der Waals surface area contributed by atoms with E-state index < -0.39 is 96.7 Å². The second kappa shape index (κ2) is 10.4. The first-order valence-corrected chi connectivity index (χ1v) is 16.7. The molecule has 12 aromatic rings. The van der Waals surface area contributed by atoms with Crippen LogP contribution in [-0.4, -0.2) is 0 Å². The van der Waals surface area contributed by atoms with Crippen LogP contribution in [0.15, 0.2) is 182 Å². The largest absolute Gasteiger partial charge is 0.0630 e. The predicted octanol–water partition coefficient (Wildman–Crippen LogP) is 14.8. The average Bonchev–Trinajstić information content (AvgIpc) is 3.35. The Labute approximate surface area is 325 Å². The summed E-state index contributed by atoms with van der Waals surface area (Å²) in [5.41, 5.74) is 2.18. The summed E-state index contributed by atoms with van der Waals surface area (Å²) < 4.78 is 163. The highest BCUT2D eigenvalue weighted by atomic mass is 14.2. The number of benzene rings is 12. The summed E-state index contributed by atoms with van der Waals surface area (Å²) in [5.74, 6) is 0. The normalized spacial score (nSPS) is 17.1. The van der Waals surface area contributed by atoms with E-state index in [4.69, 9.17) is 13.7 Å². The van der Waals surface area contributed by atoms with Crippen molar-refractivity contribution in [3.63, 3.8) is 0 Å². The van der Waals surface area contributed by atoms with Crippen molar-refractivity contribution in [1.82, 2.24) is 0 Å². The van der Waals surface area contributed by atoms with Crippen molar-refractivity contribution >= 4 is 86.2 Å². The Bertz CT molecular complexity index is 4400. The number of hydrogen-bond acceptors (Lipinski definition) is 0. The highest BCUT2D eigenvalue weighted by Crippen LogP contribution is 2.46. The monoisotopic (exact) mass is 672 g/mol. The van der Waals surface area contributed by atoms with Crippen molar-refractivity contribution in [1.29, 1.82) is 0 Å². The average molecular weight is 673 g/mol. The Morgan fingerprint density at radius 1 is 0.269 bits per heavy atom. The smallest absolute Gasteiger partial charge is 0.0616 e. The van der Waals surface area contributed by atoms with Crippen molar-refractivity contribution in [2.45, 2.75) is 0 Å². The molecule has 0 aliphatic heterocycles. The lowest BCUT2D eigenvalue weighted by Gasteiger charge is -2.18. The first-order chi connectivity index (χ1) is 33.3. The molecule has 0 saturated heterocycles. The Kier molecular flexibility index (Phi) is 3.21. The van der Waals surface area contributed by atoms with Crippen LogP contribution in [0, 0.1) is 0 Å². The van der Waals surface area contributed by atoms with E-state index in [2.05, 4.69) is 0 Å². The fourth-order valence-electron chi connectivity index (χ4n) is 7.97. The second-order valence-electron chi connectivity index (χ2n) is 13.0. The molecule has 0 radical (unpaired) electrons. The molecule has 0 saturated carbocycles. The molecular formula is C52H30. The van der Waals surface area contributed by atoms with Crippen LogP contribution in [0.3, 0.4) is 0 Å². The molecule has 0 amide bonds. The second-order valence-corrected chi connectivity index (χ2v) is 13.0. The zero-order valence-corrected chi connectivity index (χ0v) is 26.9. The van der Waals surface area contributed by atoms with Crippen molar-refractivity contribution < 1.29 is 24.7 Å². The molecule has 0 heterocycles. The molecule has 0 heteroatoms. The molecule has 0 atom stereocenters. The van der Waals surface area contributed by atoms with Crippen LogP contribution >= 0.6 is 0 Å². The molecule has 0 N–H and O–H groups in total. The Morgan fingerprint density at radius 3 is 1.31 bits per heavy atom. The summed E-state index contributed by atoms with van der Waals surface area (Å²) in [6, 6.07) is 13.5. The molecule has 52 heavy (non-hydrogen) atoms. The van der Waals surface area contributed by atoms with Crippen LogP contribution in [0.1, 0.15) is 24.7 Å². The molecule has 0 bridgehead atoms. The lowest BCUT2D eigenvalue weighted by Crippen LogP contribution is -1.91. The van der Waals surface area contributed by atoms with Crippen LogP contribution in [-0.2, 0) is 0 Å². The highest BCUT2D eigenvalue weighted by molar-refractivity contribution is 6.27. The fraction of sp³-hybridized carbons (Fsp3) is 0. The maximum Gasteiger partial charge on any atom is 0.0630 e. The molecule has 0 aromatic heterocycles. The van der Waals surface area contributed by atoms with Gasteiger partial charge in [0.05, 0.1) is 24.7 Å². The van der Waals surface area contributed by atoms with Crippen LogP contribution in [0.25, 0.3) is 120 Å². The fourth-order valence-corrected chi connectivity index (χ4v) is 7.97. The minimum Gasteiger partial charge on any atom is -0.0616 e. The minimum atomic E-state index is -0.560. The van der Waals surface area contributed by atoms with E-state index in [0.29, 0.717) is 38.4 Å². The molecule has 0 spiro atoms. The van der Waals surface area contributed by atoms with Gasteiger partial charge in [0.2, 0.25) is 0 Å². The first kappa shape index (κ1) is 16.1. The standard InChI is InChI=1S/C52H30/c1-2-12-39-37(7-1)29-38(40-23-19-35-17-15-31-8-5-10-33-21-25-46(40)51(35)49(31)33)30-48(39)45-28-27-43(41-13-3-4-14-42(41)45)44-24-20-36-18-16-32-9-6-11-34-22-26-47(44)52(36)50(32)34/h1-30H/i5D,6D,8D,9D,10D,11D,15D,16D,17D,18D,19D,20D,21D,22D,23D,24D,25D,26D. The summed E-state index contributed by atoms with van der Waals surface area (Å²) in [6.07, 6.45) is 0. The van der Waals surface area contributed by atoms with Gasteiger partial charge >= 0.3 is 0 Å². The van der Waals surface area contributed by atoms with Gasteiger partial charge in [0.1, 0.15) is 0 Å². The summed E-state index contributed by atoms with van der Waals surface area (Å²) in [5, 5.41) is 2.06. The lowest BCUT2D eigenvalue weighted by molar-refractivity contribution is 1.65. The highest BCUT2D eigenvalue weighted by Gasteiger charge is 2.18. The molecule has 238 valence electrons. The molecule has 0 aliphatic carbocycles. The summed E-state index contributed by atoms with van der Waals surface area (Å²) >= 11 is 0. The Morgan fingerprint density at radius 2 is 0.712 bits per heavy atom. The Hall–Kier alpha value is -6.76. The summed E-state index contributed by atoms with van der Waals surface area (Å²) in [7, 11) is 0. The van der Waals surface area contributed by atoms with Crippen LogP contribution in [0.2, 0.25) is 0 Å². The summed E-state index contributed by atoms with van der Waals surface area (Å²) in [4.78, 5) is 0. The van der Waals surface area contributed by atoms with Crippen molar-refractivity contribution in [2.24, 2.45) is 0 Å². The van der Waals surface area contributed by atoms with Crippen LogP contribution in [0.4, 0.5) is 0 Å². The first-order valence-electron chi connectivity index (χ1n) is 25.7. The third kappa shape index (κ3) is 3.81. The molecule has 0 aliphatic rings. The molecule has 12 aromatic carbocycles. The molecular weight excluding hydrogens is 625 g/mol. The van der Waals surface area contributed by atoms with Crippen molar-refractivity contribution in [2.75, 3.05) is 0 Å². The van der Waals surface area contributed by atoms with Gasteiger partial charge in [-0.15, -0.1) is 0 Å². The molecule has 0 unspecified atom stereocenters. The molecule has 12 rings (SSSR count). The van der Waals surface area contributed by atoms with E-state index in [-0.39, 0.29) is 87.8 Å². The van der Waals surface area contributed by atoms with E-state index in [1.807, 2.05) is 36.4 Å². The maximum absolute atomic E-state index is 9.52. The van der Waals surface area contributed by atoms with Gasteiger partial charge in [-0.3, -0.25) is 0 Å². The van der Waals surface area contributed by atoms with Gasteiger partial charge in [0, 0.05) is 0 Å². The van der Waals surface area contributed by atoms with E-state index in [1.165, 1.54) is 0 Å². The van der Waals surface area contributed by atoms with Gasteiger partial charge in [-0.2, -0.15) is 0 Å². The third-order valence-corrected chi connectivity index (χ3v) is 10.3. The van der Waals surface area contributed by atoms with E-state index >= 15 is 0 Å². The topological polar surface area (TPSA) is 0 Å². The van der Waals surface area contributed by atoms with E-state index in [1.54, 1.807) is 36.4 Å². The predicted molar refractivity (Wildman–Crippen MR) is 225 cm³/mol. The zero-order chi connectivity index (χ0) is 49.6. The van der Waals surface area contributed by atoms with Gasteiger partial charge in [-0.05, 0) is 132 Å². The Balaban J connectivity index is 1.19. The number of fused-ring (bicyclic) bond motifs is 2. The van der Waals surface area contributed by atoms with Crippen molar-refractivity contribution in [3.05, 3.63) is 182 Å². The van der Waals surface area contributed by atoms with Crippen LogP contribution in [0.5, 0.6) is 0 Å². The minimum absolute atomic E-state index is 0.0236. The third-order valence-electron chi connectivity index (χ3n) is 10.3. The van der Waals surface area contributed by atoms with Crippen LogP contribution < -0.4 is 0 Å². The number of rotatable bonds is 3.